The number of benzene rings is 2. The van der Waals surface area contributed by atoms with Gasteiger partial charge in [0.2, 0.25) is 5.66 Å². The third-order valence-electron chi connectivity index (χ3n) is 6.32. The molecule has 0 aliphatic carbocycles. The van der Waals surface area contributed by atoms with Gasteiger partial charge < -0.3 is 0 Å². The van der Waals surface area contributed by atoms with Crippen LogP contribution in [0.5, 0.6) is 0 Å². The maximum atomic E-state index is 13.9. The van der Waals surface area contributed by atoms with Gasteiger partial charge in [0.15, 0.2) is 0 Å². The van der Waals surface area contributed by atoms with Crippen molar-refractivity contribution >= 4 is 27.3 Å². The highest BCUT2D eigenvalue weighted by Gasteiger charge is 2.70. The van der Waals surface area contributed by atoms with Gasteiger partial charge in [-0.15, -0.1) is 16.7 Å². The molecule has 0 bridgehead atoms. The van der Waals surface area contributed by atoms with Gasteiger partial charge in [0.1, 0.15) is 10.9 Å². The van der Waals surface area contributed by atoms with Crippen molar-refractivity contribution in [3.8, 4) is 0 Å². The van der Waals surface area contributed by atoms with Gasteiger partial charge in [-0.1, -0.05) is 41.6 Å². The molecule has 1 saturated heterocycles. The maximum absolute atomic E-state index is 13.9. The fraction of sp³-hybridized carbons (Fsp3) is 0.400. The number of hydrogen-bond acceptors (Lipinski definition) is 5. The molecule has 2 aromatic carbocycles. The average Bonchev–Trinajstić information content (AvgIpc) is 3.16. The first kappa shape index (κ1) is 17.9. The van der Waals surface area contributed by atoms with E-state index in [0.717, 1.165) is 31.4 Å². The van der Waals surface area contributed by atoms with Gasteiger partial charge in [-0.05, 0) is 49.9 Å². The molecule has 8 heteroatoms. The van der Waals surface area contributed by atoms with Crippen LogP contribution in [-0.4, -0.2) is 31.2 Å². The monoisotopic (exact) mass is 416 g/mol. The molecule has 1 fully saturated rings. The Hall–Kier alpha value is -2.12. The molecule has 1 unspecified atom stereocenters. The topological polar surface area (TPSA) is 65.3 Å². The smallest absolute Gasteiger partial charge is 0.266 e. The molecule has 3 heterocycles. The highest BCUT2D eigenvalue weighted by atomic mass is 35.5. The number of hydrogen-bond donors (Lipinski definition) is 0. The summed E-state index contributed by atoms with van der Waals surface area (Å²) in [4.78, 5) is 0.225. The van der Waals surface area contributed by atoms with Crippen LogP contribution in [0.1, 0.15) is 37.1 Å². The summed E-state index contributed by atoms with van der Waals surface area (Å²) in [7, 11) is -3.90. The normalized spacial score (nSPS) is 31.3. The van der Waals surface area contributed by atoms with E-state index in [0.29, 0.717) is 5.69 Å². The summed E-state index contributed by atoms with van der Waals surface area (Å²) in [6.45, 7) is 2.79. The molecule has 0 aromatic heterocycles. The molecule has 6 nitrogen and oxygen atoms in total. The predicted molar refractivity (Wildman–Crippen MR) is 108 cm³/mol. The molecule has 146 valence electrons. The summed E-state index contributed by atoms with van der Waals surface area (Å²) in [6.07, 6.45) is 2.77. The number of halogens is 1. The fourth-order valence-corrected chi connectivity index (χ4v) is 7.30. The van der Waals surface area contributed by atoms with Crippen LogP contribution in [0.4, 0.5) is 5.69 Å². The Morgan fingerprint density at radius 2 is 1.79 bits per heavy atom. The van der Waals surface area contributed by atoms with E-state index in [4.69, 9.17) is 11.6 Å². The second kappa shape index (κ2) is 5.94. The van der Waals surface area contributed by atoms with Gasteiger partial charge in [0.05, 0.1) is 10.6 Å². The van der Waals surface area contributed by atoms with Crippen LogP contribution in [0.2, 0.25) is 0 Å². The fourth-order valence-electron chi connectivity index (χ4n) is 4.84. The molecular formula is C20H21ClN4O2S. The lowest BCUT2D eigenvalue weighted by Crippen LogP contribution is -2.66. The second-order valence-corrected chi connectivity index (χ2v) is 10.00. The Morgan fingerprint density at radius 3 is 2.57 bits per heavy atom. The molecule has 0 amide bonds. The number of sulfonamides is 1. The number of nitrogens with zero attached hydrogens (tertiary/aromatic N) is 4. The summed E-state index contributed by atoms with van der Waals surface area (Å²) in [6, 6.07) is 15.9. The molecule has 0 N–H and O–H groups in total. The van der Waals surface area contributed by atoms with Crippen molar-refractivity contribution in [1.82, 2.24) is 5.01 Å². The number of para-hydroxylation sites is 1. The minimum atomic E-state index is -3.90. The van der Waals surface area contributed by atoms with Crippen molar-refractivity contribution in [2.24, 2.45) is 10.3 Å². The van der Waals surface area contributed by atoms with E-state index < -0.39 is 26.6 Å². The van der Waals surface area contributed by atoms with Crippen molar-refractivity contribution in [1.29, 1.82) is 0 Å². The van der Waals surface area contributed by atoms with Gasteiger partial charge >= 0.3 is 0 Å². The third kappa shape index (κ3) is 2.06. The summed E-state index contributed by atoms with van der Waals surface area (Å²) in [5.74, 6) is 0. The first-order chi connectivity index (χ1) is 13.4. The van der Waals surface area contributed by atoms with Crippen LogP contribution in [0.25, 0.3) is 0 Å². The maximum Gasteiger partial charge on any atom is 0.266 e. The second-order valence-electron chi connectivity index (χ2n) is 7.77. The molecule has 3 atom stereocenters. The Kier molecular flexibility index (Phi) is 3.81. The quantitative estimate of drug-likeness (QED) is 0.677. The Morgan fingerprint density at radius 1 is 1.07 bits per heavy atom. The van der Waals surface area contributed by atoms with Gasteiger partial charge in [-0.3, -0.25) is 5.01 Å². The number of rotatable bonds is 2. The largest absolute Gasteiger partial charge is 0.268 e. The van der Waals surface area contributed by atoms with E-state index in [1.807, 2.05) is 36.2 Å². The van der Waals surface area contributed by atoms with Gasteiger partial charge in [-0.2, -0.15) is 0 Å². The highest BCUT2D eigenvalue weighted by molar-refractivity contribution is 7.93. The van der Waals surface area contributed by atoms with Crippen molar-refractivity contribution in [3.05, 3.63) is 60.2 Å². The summed E-state index contributed by atoms with van der Waals surface area (Å²) in [5, 5.41) is 10.4. The van der Waals surface area contributed by atoms with Crippen LogP contribution in [0.3, 0.4) is 0 Å². The van der Waals surface area contributed by atoms with E-state index in [-0.39, 0.29) is 4.90 Å². The van der Waals surface area contributed by atoms with Crippen molar-refractivity contribution in [2.45, 2.75) is 47.7 Å². The lowest BCUT2D eigenvalue weighted by Gasteiger charge is -2.49. The molecule has 1 spiro atoms. The molecule has 2 aromatic rings. The molecule has 28 heavy (non-hydrogen) atoms. The third-order valence-corrected chi connectivity index (χ3v) is 8.69. The summed E-state index contributed by atoms with van der Waals surface area (Å²) < 4.78 is 29.2. The van der Waals surface area contributed by atoms with Crippen molar-refractivity contribution in [2.75, 3.05) is 10.8 Å². The van der Waals surface area contributed by atoms with Crippen LogP contribution in [-0.2, 0) is 10.0 Å². The van der Waals surface area contributed by atoms with Gasteiger partial charge in [0, 0.05) is 6.54 Å². The Labute approximate surface area is 169 Å². The van der Waals surface area contributed by atoms with Crippen LogP contribution in [0, 0.1) is 0 Å². The predicted octanol–water partition coefficient (Wildman–Crippen LogP) is 4.50. The standard InChI is InChI=1S/C20H21ClN4O2S/c1-19-13-7-8-14-24(19)23-22-20(19)18(21)16-11-5-6-12-17(16)25(20)28(26,27)15-9-3-2-4-10-15/h2-6,9-12,18H,7-8,13-14H2,1H3/t18?,19-,20+/m0/s1. The Balaban J connectivity index is 1.79. The minimum absolute atomic E-state index is 0.225. The number of alkyl halides is 1. The highest BCUT2D eigenvalue weighted by Crippen LogP contribution is 2.62. The number of piperidine rings is 1. The Bertz CT molecular complexity index is 1060. The zero-order chi connectivity index (χ0) is 19.6. The van der Waals surface area contributed by atoms with E-state index in [2.05, 4.69) is 10.3 Å². The van der Waals surface area contributed by atoms with Gasteiger partial charge in [0.25, 0.3) is 10.0 Å². The van der Waals surface area contributed by atoms with E-state index in [9.17, 15) is 8.42 Å². The molecule has 0 radical (unpaired) electrons. The molecule has 3 aliphatic heterocycles. The molecule has 3 aliphatic rings. The zero-order valence-electron chi connectivity index (χ0n) is 15.5. The number of anilines is 1. The van der Waals surface area contributed by atoms with E-state index in [1.165, 1.54) is 4.31 Å². The summed E-state index contributed by atoms with van der Waals surface area (Å²) in [5.41, 5.74) is -0.471. The zero-order valence-corrected chi connectivity index (χ0v) is 17.1. The SMILES string of the molecule is C[C@@]12CCCCN1N=N[C@@]21C(Cl)c2ccccc2N1S(=O)(=O)c1ccccc1. The first-order valence-corrected chi connectivity index (χ1v) is 11.3. The number of fused-ring (bicyclic) bond motifs is 3. The van der Waals surface area contributed by atoms with Gasteiger partial charge in [-0.25, -0.2) is 12.7 Å². The van der Waals surface area contributed by atoms with E-state index >= 15 is 0 Å². The first-order valence-electron chi connectivity index (χ1n) is 9.47. The lowest BCUT2D eigenvalue weighted by molar-refractivity contribution is 0.0435. The lowest BCUT2D eigenvalue weighted by atomic mass is 9.77. The van der Waals surface area contributed by atoms with Crippen LogP contribution in [0.15, 0.2) is 69.8 Å². The van der Waals surface area contributed by atoms with E-state index in [1.54, 1.807) is 30.3 Å². The minimum Gasteiger partial charge on any atom is -0.268 e. The summed E-state index contributed by atoms with van der Waals surface area (Å²) >= 11 is 7.02. The van der Waals surface area contributed by atoms with Crippen molar-refractivity contribution in [3.63, 3.8) is 0 Å². The molecular weight excluding hydrogens is 396 g/mol. The average molecular weight is 417 g/mol. The molecule has 5 rings (SSSR count). The van der Waals surface area contributed by atoms with Crippen LogP contribution < -0.4 is 4.31 Å². The molecule has 0 saturated carbocycles. The van der Waals surface area contributed by atoms with Crippen LogP contribution >= 0.6 is 11.6 Å². The van der Waals surface area contributed by atoms with Crippen molar-refractivity contribution < 1.29 is 8.42 Å².